The zero-order valence-electron chi connectivity index (χ0n) is 12.9. The Labute approximate surface area is 123 Å². The van der Waals surface area contributed by atoms with Crippen LogP contribution in [0.5, 0.6) is 0 Å². The normalized spacial score (nSPS) is 24.6. The van der Waals surface area contributed by atoms with Gasteiger partial charge in [0.05, 0.1) is 6.61 Å². The van der Waals surface area contributed by atoms with Crippen molar-refractivity contribution in [3.05, 3.63) is 0 Å². The van der Waals surface area contributed by atoms with Gasteiger partial charge in [0.15, 0.2) is 0 Å². The third kappa shape index (κ3) is 4.45. The van der Waals surface area contributed by atoms with Crippen molar-refractivity contribution in [3.8, 4) is 0 Å². The van der Waals surface area contributed by atoms with Crippen molar-refractivity contribution in [2.24, 2.45) is 5.92 Å². The van der Waals surface area contributed by atoms with Crippen molar-refractivity contribution in [1.29, 1.82) is 0 Å². The highest BCUT2D eigenvalue weighted by Gasteiger charge is 2.35. The number of rotatable bonds is 4. The van der Waals surface area contributed by atoms with Gasteiger partial charge in [-0.15, -0.1) is 0 Å². The summed E-state index contributed by atoms with van der Waals surface area (Å²) in [4.78, 5) is 14.9. The van der Waals surface area contributed by atoms with Gasteiger partial charge in [-0.25, -0.2) is 0 Å². The maximum Gasteiger partial charge on any atom is 0.323 e. The zero-order valence-corrected chi connectivity index (χ0v) is 12.9. The molecule has 0 aromatic heterocycles. The van der Waals surface area contributed by atoms with Crippen LogP contribution in [0.25, 0.3) is 0 Å². The molecule has 0 amide bonds. The smallest absolute Gasteiger partial charge is 0.323 e. The lowest BCUT2D eigenvalue weighted by molar-refractivity contribution is -0.152. The average molecular weight is 282 g/mol. The number of hydrogen-bond donors (Lipinski definition) is 1. The molecule has 0 radical (unpaired) electrons. The molecule has 1 N–H and O–H groups in total. The Balaban J connectivity index is 2.07. The molecule has 0 aromatic rings. The molecule has 2 rings (SSSR count). The molecule has 1 saturated carbocycles. The van der Waals surface area contributed by atoms with Crippen LogP contribution in [-0.4, -0.2) is 49.7 Å². The molecule has 0 bridgehead atoms. The van der Waals surface area contributed by atoms with Gasteiger partial charge in [-0.1, -0.05) is 25.7 Å². The van der Waals surface area contributed by atoms with E-state index in [0.717, 1.165) is 32.6 Å². The minimum atomic E-state index is -0.00653. The molecule has 1 aliphatic carbocycles. The van der Waals surface area contributed by atoms with Crippen molar-refractivity contribution >= 4 is 5.97 Å². The molecular formula is C16H30N2O2. The Morgan fingerprint density at radius 2 is 1.90 bits per heavy atom. The van der Waals surface area contributed by atoms with E-state index in [-0.39, 0.29) is 12.0 Å². The van der Waals surface area contributed by atoms with Crippen LogP contribution < -0.4 is 5.32 Å². The molecular weight excluding hydrogens is 252 g/mol. The number of carbonyl (C=O) groups is 1. The minimum Gasteiger partial charge on any atom is -0.465 e. The first-order valence-corrected chi connectivity index (χ1v) is 8.44. The van der Waals surface area contributed by atoms with Gasteiger partial charge in [0.25, 0.3) is 0 Å². The Morgan fingerprint density at radius 1 is 1.15 bits per heavy atom. The van der Waals surface area contributed by atoms with Crippen LogP contribution in [0, 0.1) is 5.92 Å². The van der Waals surface area contributed by atoms with E-state index < -0.39 is 0 Å². The summed E-state index contributed by atoms with van der Waals surface area (Å²) in [6.45, 7) is 6.45. The maximum absolute atomic E-state index is 12.5. The molecule has 1 heterocycles. The molecule has 2 aliphatic rings. The summed E-state index contributed by atoms with van der Waals surface area (Å²) in [7, 11) is 0. The fraction of sp³-hybridized carbons (Fsp3) is 0.938. The van der Waals surface area contributed by atoms with Crippen LogP contribution in [0.2, 0.25) is 0 Å². The quantitative estimate of drug-likeness (QED) is 0.634. The number of esters is 1. The Hall–Kier alpha value is -0.610. The fourth-order valence-electron chi connectivity index (χ4n) is 3.64. The number of ether oxygens (including phenoxy) is 1. The summed E-state index contributed by atoms with van der Waals surface area (Å²) in [6, 6.07) is -0.00653. The molecule has 1 saturated heterocycles. The van der Waals surface area contributed by atoms with Crippen molar-refractivity contribution in [3.63, 3.8) is 0 Å². The molecule has 1 unspecified atom stereocenters. The first-order valence-electron chi connectivity index (χ1n) is 8.44. The number of carbonyl (C=O) groups excluding carboxylic acids is 1. The highest BCUT2D eigenvalue weighted by molar-refractivity contribution is 5.76. The van der Waals surface area contributed by atoms with Gasteiger partial charge in [0.1, 0.15) is 6.04 Å². The highest BCUT2D eigenvalue weighted by Crippen LogP contribution is 2.29. The SMILES string of the molecule is CCOC(=O)C(C1CCCCCC1)N1CCCNCC1. The summed E-state index contributed by atoms with van der Waals surface area (Å²) in [6.07, 6.45) is 8.70. The van der Waals surface area contributed by atoms with Crippen molar-refractivity contribution in [2.75, 3.05) is 32.8 Å². The van der Waals surface area contributed by atoms with Gasteiger partial charge in [-0.3, -0.25) is 9.69 Å². The highest BCUT2D eigenvalue weighted by atomic mass is 16.5. The average Bonchev–Trinajstić information content (AvgIpc) is 2.84. The number of nitrogens with zero attached hydrogens (tertiary/aromatic N) is 1. The minimum absolute atomic E-state index is 0.00653. The predicted molar refractivity (Wildman–Crippen MR) is 80.7 cm³/mol. The second kappa shape index (κ2) is 8.63. The third-order valence-corrected chi connectivity index (χ3v) is 4.64. The Morgan fingerprint density at radius 3 is 2.60 bits per heavy atom. The lowest BCUT2D eigenvalue weighted by Crippen LogP contribution is -2.48. The summed E-state index contributed by atoms with van der Waals surface area (Å²) in [5, 5.41) is 3.42. The topological polar surface area (TPSA) is 41.6 Å². The molecule has 2 fully saturated rings. The first-order chi connectivity index (χ1) is 9.83. The van der Waals surface area contributed by atoms with Gasteiger partial charge >= 0.3 is 5.97 Å². The van der Waals surface area contributed by atoms with Crippen LogP contribution in [0.1, 0.15) is 51.9 Å². The summed E-state index contributed by atoms with van der Waals surface area (Å²) < 4.78 is 5.39. The molecule has 20 heavy (non-hydrogen) atoms. The largest absolute Gasteiger partial charge is 0.465 e. The second-order valence-electron chi connectivity index (χ2n) is 6.09. The standard InChI is InChI=1S/C16H30N2O2/c1-2-20-16(19)15(14-8-5-3-4-6-9-14)18-12-7-10-17-11-13-18/h14-15,17H,2-13H2,1H3. The van der Waals surface area contributed by atoms with Gasteiger partial charge in [0.2, 0.25) is 0 Å². The van der Waals surface area contributed by atoms with Crippen molar-refractivity contribution < 1.29 is 9.53 Å². The fourth-order valence-corrected chi connectivity index (χ4v) is 3.64. The molecule has 4 nitrogen and oxygen atoms in total. The van der Waals surface area contributed by atoms with E-state index in [2.05, 4.69) is 10.2 Å². The molecule has 0 spiro atoms. The monoisotopic (exact) mass is 282 g/mol. The van der Waals surface area contributed by atoms with Crippen molar-refractivity contribution in [1.82, 2.24) is 10.2 Å². The third-order valence-electron chi connectivity index (χ3n) is 4.64. The van der Waals surface area contributed by atoms with E-state index in [1.165, 1.54) is 38.5 Å². The number of nitrogens with one attached hydrogen (secondary N) is 1. The molecule has 4 heteroatoms. The van der Waals surface area contributed by atoms with E-state index in [0.29, 0.717) is 12.5 Å². The predicted octanol–water partition coefficient (Wildman–Crippen LogP) is 2.18. The summed E-state index contributed by atoms with van der Waals surface area (Å²) in [5.74, 6) is 0.510. The second-order valence-corrected chi connectivity index (χ2v) is 6.09. The van der Waals surface area contributed by atoms with Crippen LogP contribution in [0.15, 0.2) is 0 Å². The van der Waals surface area contributed by atoms with Gasteiger partial charge in [0, 0.05) is 19.6 Å². The van der Waals surface area contributed by atoms with Gasteiger partial charge < -0.3 is 10.1 Å². The van der Waals surface area contributed by atoms with Crippen molar-refractivity contribution in [2.45, 2.75) is 57.9 Å². The van der Waals surface area contributed by atoms with E-state index in [1.54, 1.807) is 0 Å². The Kier molecular flexibility index (Phi) is 6.80. The van der Waals surface area contributed by atoms with Gasteiger partial charge in [-0.05, 0) is 38.6 Å². The molecule has 1 aliphatic heterocycles. The van der Waals surface area contributed by atoms with E-state index in [1.807, 2.05) is 6.92 Å². The number of hydrogen-bond acceptors (Lipinski definition) is 4. The lowest BCUT2D eigenvalue weighted by Gasteiger charge is -2.34. The first kappa shape index (κ1) is 15.8. The Bertz CT molecular complexity index is 260. The molecule has 0 aromatic carbocycles. The molecule has 1 atom stereocenters. The van der Waals surface area contributed by atoms with E-state index >= 15 is 0 Å². The summed E-state index contributed by atoms with van der Waals surface area (Å²) >= 11 is 0. The van der Waals surface area contributed by atoms with Gasteiger partial charge in [-0.2, -0.15) is 0 Å². The van der Waals surface area contributed by atoms with Crippen LogP contribution in [0.4, 0.5) is 0 Å². The lowest BCUT2D eigenvalue weighted by atomic mass is 9.90. The van der Waals surface area contributed by atoms with Crippen LogP contribution in [0.3, 0.4) is 0 Å². The van der Waals surface area contributed by atoms with E-state index in [4.69, 9.17) is 4.74 Å². The zero-order chi connectivity index (χ0) is 14.2. The maximum atomic E-state index is 12.5. The molecule has 116 valence electrons. The summed E-state index contributed by atoms with van der Waals surface area (Å²) in [5.41, 5.74) is 0. The van der Waals surface area contributed by atoms with Crippen LogP contribution in [-0.2, 0) is 9.53 Å². The van der Waals surface area contributed by atoms with Crippen LogP contribution >= 0.6 is 0 Å². The van der Waals surface area contributed by atoms with E-state index in [9.17, 15) is 4.79 Å².